The SMILES string of the molecule is Cc1ccc(-n2ccc(=O)[nH]2)cc1F. The summed E-state index contributed by atoms with van der Waals surface area (Å²) in [6.07, 6.45) is 1.56. The molecule has 0 unspecified atom stereocenters. The van der Waals surface area contributed by atoms with Gasteiger partial charge in [0.15, 0.2) is 0 Å². The molecular weight excluding hydrogens is 183 g/mol. The van der Waals surface area contributed by atoms with E-state index in [1.807, 2.05) is 0 Å². The number of rotatable bonds is 1. The third-order valence-corrected chi connectivity index (χ3v) is 2.04. The Morgan fingerprint density at radius 1 is 1.36 bits per heavy atom. The molecule has 3 nitrogen and oxygen atoms in total. The Hall–Kier alpha value is -1.84. The van der Waals surface area contributed by atoms with Crippen LogP contribution in [0.3, 0.4) is 0 Å². The zero-order valence-electron chi connectivity index (χ0n) is 7.62. The van der Waals surface area contributed by atoms with Crippen LogP contribution in [0, 0.1) is 12.7 Å². The van der Waals surface area contributed by atoms with Gasteiger partial charge in [-0.15, -0.1) is 0 Å². The van der Waals surface area contributed by atoms with Crippen LogP contribution in [0.4, 0.5) is 4.39 Å². The topological polar surface area (TPSA) is 37.8 Å². The number of hydrogen-bond acceptors (Lipinski definition) is 1. The predicted molar refractivity (Wildman–Crippen MR) is 51.1 cm³/mol. The molecule has 0 fully saturated rings. The Labute approximate surface area is 79.8 Å². The van der Waals surface area contributed by atoms with Gasteiger partial charge in [-0.05, 0) is 24.6 Å². The summed E-state index contributed by atoms with van der Waals surface area (Å²) in [5.41, 5.74) is 0.990. The van der Waals surface area contributed by atoms with E-state index in [-0.39, 0.29) is 11.4 Å². The Kier molecular flexibility index (Phi) is 1.96. The van der Waals surface area contributed by atoms with Crippen molar-refractivity contribution in [2.45, 2.75) is 6.92 Å². The zero-order valence-corrected chi connectivity index (χ0v) is 7.62. The van der Waals surface area contributed by atoms with Gasteiger partial charge in [0.2, 0.25) is 0 Å². The molecule has 1 heterocycles. The maximum absolute atomic E-state index is 13.2. The number of aromatic nitrogens is 2. The van der Waals surface area contributed by atoms with E-state index in [1.54, 1.807) is 25.3 Å². The van der Waals surface area contributed by atoms with Crippen LogP contribution in [0.15, 0.2) is 35.3 Å². The normalized spacial score (nSPS) is 10.4. The number of nitrogens with zero attached hydrogens (tertiary/aromatic N) is 1. The number of aromatic amines is 1. The van der Waals surface area contributed by atoms with Crippen LogP contribution in [-0.4, -0.2) is 9.78 Å². The summed E-state index contributed by atoms with van der Waals surface area (Å²) in [6, 6.07) is 6.18. The van der Waals surface area contributed by atoms with Crippen molar-refractivity contribution in [1.29, 1.82) is 0 Å². The van der Waals surface area contributed by atoms with Crippen LogP contribution in [0.2, 0.25) is 0 Å². The van der Waals surface area contributed by atoms with Crippen molar-refractivity contribution in [3.8, 4) is 5.69 Å². The highest BCUT2D eigenvalue weighted by Gasteiger charge is 2.00. The van der Waals surface area contributed by atoms with Crippen LogP contribution >= 0.6 is 0 Å². The summed E-state index contributed by atoms with van der Waals surface area (Å²) in [6.45, 7) is 1.69. The molecule has 0 bridgehead atoms. The molecule has 1 N–H and O–H groups in total. The molecule has 0 saturated carbocycles. The van der Waals surface area contributed by atoms with E-state index in [1.165, 1.54) is 16.8 Å². The lowest BCUT2D eigenvalue weighted by Gasteiger charge is -2.03. The van der Waals surface area contributed by atoms with Crippen molar-refractivity contribution in [3.05, 3.63) is 52.2 Å². The van der Waals surface area contributed by atoms with Gasteiger partial charge < -0.3 is 0 Å². The van der Waals surface area contributed by atoms with Gasteiger partial charge in [-0.25, -0.2) is 4.39 Å². The van der Waals surface area contributed by atoms with E-state index in [0.29, 0.717) is 11.3 Å². The Morgan fingerprint density at radius 3 is 2.71 bits per heavy atom. The zero-order chi connectivity index (χ0) is 10.1. The smallest absolute Gasteiger partial charge is 0.264 e. The number of benzene rings is 1. The van der Waals surface area contributed by atoms with E-state index in [2.05, 4.69) is 5.10 Å². The second-order valence-electron chi connectivity index (χ2n) is 3.10. The first-order chi connectivity index (χ1) is 6.66. The molecule has 2 rings (SSSR count). The summed E-state index contributed by atoms with van der Waals surface area (Å²) in [7, 11) is 0. The van der Waals surface area contributed by atoms with Gasteiger partial charge in [0.1, 0.15) is 5.82 Å². The molecule has 0 aliphatic rings. The third kappa shape index (κ3) is 1.46. The molecule has 72 valence electrons. The van der Waals surface area contributed by atoms with Crippen LogP contribution in [0.25, 0.3) is 5.69 Å². The lowest BCUT2D eigenvalue weighted by Crippen LogP contribution is -2.03. The van der Waals surface area contributed by atoms with E-state index in [9.17, 15) is 9.18 Å². The highest BCUT2D eigenvalue weighted by atomic mass is 19.1. The fraction of sp³-hybridized carbons (Fsp3) is 0.100. The van der Waals surface area contributed by atoms with Crippen molar-refractivity contribution in [2.24, 2.45) is 0 Å². The molecule has 0 aliphatic carbocycles. The molecule has 1 aromatic carbocycles. The minimum absolute atomic E-state index is 0.203. The highest BCUT2D eigenvalue weighted by molar-refractivity contribution is 5.34. The summed E-state index contributed by atoms with van der Waals surface area (Å²) in [4.78, 5) is 10.8. The van der Waals surface area contributed by atoms with Gasteiger partial charge in [0.25, 0.3) is 5.56 Å². The van der Waals surface area contributed by atoms with Crippen LogP contribution in [0.1, 0.15) is 5.56 Å². The van der Waals surface area contributed by atoms with Gasteiger partial charge in [0.05, 0.1) is 5.69 Å². The number of hydrogen-bond donors (Lipinski definition) is 1. The molecule has 0 amide bonds. The minimum Gasteiger partial charge on any atom is -0.268 e. The van der Waals surface area contributed by atoms with Crippen molar-refractivity contribution >= 4 is 0 Å². The van der Waals surface area contributed by atoms with Crippen LogP contribution in [0.5, 0.6) is 0 Å². The summed E-state index contributed by atoms with van der Waals surface area (Å²) < 4.78 is 14.6. The number of aryl methyl sites for hydroxylation is 1. The van der Waals surface area contributed by atoms with Crippen LogP contribution in [-0.2, 0) is 0 Å². The average molecular weight is 192 g/mol. The first-order valence-electron chi connectivity index (χ1n) is 4.21. The molecule has 0 aliphatic heterocycles. The number of H-pyrrole nitrogens is 1. The van der Waals surface area contributed by atoms with Gasteiger partial charge >= 0.3 is 0 Å². The maximum atomic E-state index is 13.2. The van der Waals surface area contributed by atoms with Crippen molar-refractivity contribution in [1.82, 2.24) is 9.78 Å². The Balaban J connectivity index is 2.52. The number of halogens is 1. The Bertz CT molecular complexity index is 513. The molecule has 14 heavy (non-hydrogen) atoms. The van der Waals surface area contributed by atoms with Gasteiger partial charge in [-0.1, -0.05) is 6.07 Å². The lowest BCUT2D eigenvalue weighted by atomic mass is 10.2. The van der Waals surface area contributed by atoms with Gasteiger partial charge in [-0.2, -0.15) is 0 Å². The second kappa shape index (κ2) is 3.14. The van der Waals surface area contributed by atoms with Crippen molar-refractivity contribution < 1.29 is 4.39 Å². The van der Waals surface area contributed by atoms with Gasteiger partial charge in [-0.3, -0.25) is 14.6 Å². The molecule has 0 spiro atoms. The summed E-state index contributed by atoms with van der Waals surface area (Å²) in [5, 5.41) is 2.53. The van der Waals surface area contributed by atoms with Crippen molar-refractivity contribution in [2.75, 3.05) is 0 Å². The monoisotopic (exact) mass is 192 g/mol. The maximum Gasteiger partial charge on any atom is 0.264 e. The standard InChI is InChI=1S/C10H9FN2O/c1-7-2-3-8(6-9(7)11)13-5-4-10(14)12-13/h2-6H,1H3,(H,12,14). The van der Waals surface area contributed by atoms with Crippen LogP contribution < -0.4 is 5.56 Å². The lowest BCUT2D eigenvalue weighted by molar-refractivity contribution is 0.616. The minimum atomic E-state index is -0.281. The molecular formula is C10H9FN2O. The van der Waals surface area contributed by atoms with E-state index in [4.69, 9.17) is 0 Å². The molecule has 4 heteroatoms. The molecule has 1 aromatic heterocycles. The van der Waals surface area contributed by atoms with E-state index in [0.717, 1.165) is 0 Å². The molecule has 2 aromatic rings. The molecule has 0 atom stereocenters. The summed E-state index contributed by atoms with van der Waals surface area (Å²) >= 11 is 0. The predicted octanol–water partition coefficient (Wildman–Crippen LogP) is 1.61. The largest absolute Gasteiger partial charge is 0.268 e. The fourth-order valence-electron chi connectivity index (χ4n) is 1.22. The summed E-state index contributed by atoms with van der Waals surface area (Å²) in [5.74, 6) is -0.281. The molecule has 0 saturated heterocycles. The Morgan fingerprint density at radius 2 is 2.14 bits per heavy atom. The third-order valence-electron chi connectivity index (χ3n) is 2.04. The van der Waals surface area contributed by atoms with Gasteiger partial charge in [0, 0.05) is 12.3 Å². The number of nitrogens with one attached hydrogen (secondary N) is 1. The quantitative estimate of drug-likeness (QED) is 0.732. The molecule has 0 radical (unpaired) electrons. The highest BCUT2D eigenvalue weighted by Crippen LogP contribution is 2.11. The second-order valence-corrected chi connectivity index (χ2v) is 3.10. The average Bonchev–Trinajstić information content (AvgIpc) is 2.57. The van der Waals surface area contributed by atoms with E-state index < -0.39 is 0 Å². The fourth-order valence-corrected chi connectivity index (χ4v) is 1.22. The van der Waals surface area contributed by atoms with E-state index >= 15 is 0 Å². The van der Waals surface area contributed by atoms with Crippen molar-refractivity contribution in [3.63, 3.8) is 0 Å². The first-order valence-corrected chi connectivity index (χ1v) is 4.21. The first kappa shape index (κ1) is 8.74.